The molecule has 0 aliphatic rings. The molecule has 1 aromatic carbocycles. The molecule has 5 heteroatoms. The smallest absolute Gasteiger partial charge is 0.187 e. The maximum Gasteiger partial charge on any atom is 0.187 e. The zero-order valence-corrected chi connectivity index (χ0v) is 8.64. The Morgan fingerprint density at radius 3 is 2.50 bits per heavy atom. The number of aromatic nitrogens is 2. The van der Waals surface area contributed by atoms with E-state index >= 15 is 0 Å². The van der Waals surface area contributed by atoms with E-state index in [1.165, 1.54) is 25.6 Å². The second-order valence-electron chi connectivity index (χ2n) is 3.15. The van der Waals surface area contributed by atoms with E-state index in [0.717, 1.165) is 5.56 Å². The summed E-state index contributed by atoms with van der Waals surface area (Å²) in [7, 11) is 1.49. The average molecular weight is 219 g/mol. The van der Waals surface area contributed by atoms with Gasteiger partial charge in [0.15, 0.2) is 11.6 Å². The van der Waals surface area contributed by atoms with Crippen molar-refractivity contribution < 1.29 is 9.13 Å². The Labute approximate surface area is 91.9 Å². The first-order valence-electron chi connectivity index (χ1n) is 4.63. The molecule has 2 N–H and O–H groups in total. The fourth-order valence-corrected chi connectivity index (χ4v) is 1.40. The summed E-state index contributed by atoms with van der Waals surface area (Å²) in [6.45, 7) is 0. The monoisotopic (exact) mass is 219 g/mol. The molecule has 4 nitrogen and oxygen atoms in total. The Balaban J connectivity index is 2.55. The molecule has 1 heterocycles. The Kier molecular flexibility index (Phi) is 2.68. The molecule has 82 valence electrons. The first kappa shape index (κ1) is 10.4. The van der Waals surface area contributed by atoms with Crippen LogP contribution in [0.3, 0.4) is 0 Å². The molecule has 0 aliphatic carbocycles. The molecule has 16 heavy (non-hydrogen) atoms. The Morgan fingerprint density at radius 2 is 1.88 bits per heavy atom. The molecular formula is C11H10FN3O. The summed E-state index contributed by atoms with van der Waals surface area (Å²) in [6.07, 6.45) is 1.34. The van der Waals surface area contributed by atoms with E-state index in [-0.39, 0.29) is 11.6 Å². The van der Waals surface area contributed by atoms with Crippen LogP contribution in [0.25, 0.3) is 11.3 Å². The van der Waals surface area contributed by atoms with Gasteiger partial charge in [-0.05, 0) is 24.3 Å². The van der Waals surface area contributed by atoms with Crippen molar-refractivity contribution in [3.63, 3.8) is 0 Å². The summed E-state index contributed by atoms with van der Waals surface area (Å²) in [5.41, 5.74) is 6.93. The summed E-state index contributed by atoms with van der Waals surface area (Å²) in [6, 6.07) is 5.93. The van der Waals surface area contributed by atoms with Crippen LogP contribution in [0.1, 0.15) is 0 Å². The number of nitrogen functional groups attached to an aromatic ring is 1. The highest BCUT2D eigenvalue weighted by Gasteiger charge is 2.11. The molecule has 0 bridgehead atoms. The number of methoxy groups -OCH3 is 1. The molecule has 2 rings (SSSR count). The van der Waals surface area contributed by atoms with Gasteiger partial charge in [0, 0.05) is 5.56 Å². The molecule has 0 saturated heterocycles. The minimum atomic E-state index is -0.301. The molecule has 0 fully saturated rings. The molecular weight excluding hydrogens is 209 g/mol. The van der Waals surface area contributed by atoms with Gasteiger partial charge in [0.1, 0.15) is 17.8 Å². The summed E-state index contributed by atoms with van der Waals surface area (Å²) in [4.78, 5) is 7.89. The summed E-state index contributed by atoms with van der Waals surface area (Å²) in [5.74, 6) is 0.357. The number of hydrogen-bond donors (Lipinski definition) is 1. The maximum absolute atomic E-state index is 12.8. The van der Waals surface area contributed by atoms with Crippen molar-refractivity contribution >= 4 is 5.82 Å². The fraction of sp³-hybridized carbons (Fsp3) is 0.0909. The molecule has 0 atom stereocenters. The van der Waals surface area contributed by atoms with E-state index < -0.39 is 0 Å². The first-order chi connectivity index (χ1) is 7.72. The standard InChI is InChI=1S/C11H10FN3O/c1-16-10-9(14-6-15-11(10)13)7-2-4-8(12)5-3-7/h2-6H,1H3,(H2,13,14,15). The normalized spacial score (nSPS) is 10.1. The van der Waals surface area contributed by atoms with E-state index in [1.807, 2.05) is 0 Å². The molecule has 1 aromatic heterocycles. The van der Waals surface area contributed by atoms with Crippen LogP contribution in [0.15, 0.2) is 30.6 Å². The molecule has 0 amide bonds. The Hall–Kier alpha value is -2.17. The molecule has 0 saturated carbocycles. The van der Waals surface area contributed by atoms with Crippen LogP contribution in [-0.4, -0.2) is 17.1 Å². The van der Waals surface area contributed by atoms with Crippen LogP contribution in [0.2, 0.25) is 0 Å². The van der Waals surface area contributed by atoms with Crippen LogP contribution in [0.5, 0.6) is 5.75 Å². The number of ether oxygens (including phenoxy) is 1. The lowest BCUT2D eigenvalue weighted by Crippen LogP contribution is -1.99. The van der Waals surface area contributed by atoms with Crippen LogP contribution >= 0.6 is 0 Å². The zero-order valence-electron chi connectivity index (χ0n) is 8.64. The van der Waals surface area contributed by atoms with E-state index in [1.54, 1.807) is 12.1 Å². The van der Waals surface area contributed by atoms with Crippen molar-refractivity contribution in [3.8, 4) is 17.0 Å². The number of rotatable bonds is 2. The van der Waals surface area contributed by atoms with Gasteiger partial charge in [0.05, 0.1) is 7.11 Å². The topological polar surface area (TPSA) is 61.0 Å². The number of nitrogens with zero attached hydrogens (tertiary/aromatic N) is 2. The Bertz CT molecular complexity index is 499. The lowest BCUT2D eigenvalue weighted by molar-refractivity contribution is 0.415. The van der Waals surface area contributed by atoms with Crippen LogP contribution in [0, 0.1) is 5.82 Å². The van der Waals surface area contributed by atoms with Crippen molar-refractivity contribution in [2.75, 3.05) is 12.8 Å². The van der Waals surface area contributed by atoms with Crippen LogP contribution in [0.4, 0.5) is 10.2 Å². The lowest BCUT2D eigenvalue weighted by Gasteiger charge is -2.08. The highest BCUT2D eigenvalue weighted by Crippen LogP contribution is 2.30. The third-order valence-electron chi connectivity index (χ3n) is 2.15. The fourth-order valence-electron chi connectivity index (χ4n) is 1.40. The quantitative estimate of drug-likeness (QED) is 0.837. The molecule has 0 spiro atoms. The van der Waals surface area contributed by atoms with Crippen molar-refractivity contribution in [2.24, 2.45) is 0 Å². The molecule has 2 aromatic rings. The van der Waals surface area contributed by atoms with Crippen molar-refractivity contribution in [1.29, 1.82) is 0 Å². The maximum atomic E-state index is 12.8. The number of nitrogens with two attached hydrogens (primary N) is 1. The number of hydrogen-bond acceptors (Lipinski definition) is 4. The molecule has 0 unspecified atom stereocenters. The predicted octanol–water partition coefficient (Wildman–Crippen LogP) is 1.87. The summed E-state index contributed by atoms with van der Waals surface area (Å²) >= 11 is 0. The minimum absolute atomic E-state index is 0.261. The highest BCUT2D eigenvalue weighted by molar-refractivity contribution is 5.71. The van der Waals surface area contributed by atoms with E-state index in [4.69, 9.17) is 10.5 Å². The highest BCUT2D eigenvalue weighted by atomic mass is 19.1. The predicted molar refractivity (Wildman–Crippen MR) is 58.4 cm³/mol. The number of benzene rings is 1. The van der Waals surface area contributed by atoms with Gasteiger partial charge in [-0.3, -0.25) is 0 Å². The molecule has 0 aliphatic heterocycles. The van der Waals surface area contributed by atoms with Gasteiger partial charge >= 0.3 is 0 Å². The lowest BCUT2D eigenvalue weighted by atomic mass is 10.1. The van der Waals surface area contributed by atoms with Gasteiger partial charge in [-0.1, -0.05) is 0 Å². The summed E-state index contributed by atoms with van der Waals surface area (Å²) in [5, 5.41) is 0. The van der Waals surface area contributed by atoms with Gasteiger partial charge in [0.2, 0.25) is 0 Å². The largest absolute Gasteiger partial charge is 0.491 e. The first-order valence-corrected chi connectivity index (χ1v) is 4.63. The van der Waals surface area contributed by atoms with Gasteiger partial charge in [-0.15, -0.1) is 0 Å². The van der Waals surface area contributed by atoms with Crippen molar-refractivity contribution in [2.45, 2.75) is 0 Å². The minimum Gasteiger partial charge on any atom is -0.491 e. The number of halogens is 1. The Morgan fingerprint density at radius 1 is 1.19 bits per heavy atom. The second kappa shape index (κ2) is 4.14. The SMILES string of the molecule is COc1c(N)ncnc1-c1ccc(F)cc1. The van der Waals surface area contributed by atoms with Crippen molar-refractivity contribution in [1.82, 2.24) is 9.97 Å². The average Bonchev–Trinajstić information content (AvgIpc) is 2.30. The van der Waals surface area contributed by atoms with Gasteiger partial charge in [0.25, 0.3) is 0 Å². The molecule has 0 radical (unpaired) electrons. The van der Waals surface area contributed by atoms with Gasteiger partial charge in [-0.2, -0.15) is 0 Å². The number of anilines is 1. The van der Waals surface area contributed by atoms with E-state index in [2.05, 4.69) is 9.97 Å². The summed E-state index contributed by atoms with van der Waals surface area (Å²) < 4.78 is 17.9. The third-order valence-corrected chi connectivity index (χ3v) is 2.15. The van der Waals surface area contributed by atoms with Crippen LogP contribution in [-0.2, 0) is 0 Å². The van der Waals surface area contributed by atoms with Crippen LogP contribution < -0.4 is 10.5 Å². The van der Waals surface area contributed by atoms with Crippen molar-refractivity contribution in [3.05, 3.63) is 36.4 Å². The van der Waals surface area contributed by atoms with E-state index in [0.29, 0.717) is 11.4 Å². The van der Waals surface area contributed by atoms with Gasteiger partial charge < -0.3 is 10.5 Å². The third kappa shape index (κ3) is 1.79. The van der Waals surface area contributed by atoms with E-state index in [9.17, 15) is 4.39 Å². The second-order valence-corrected chi connectivity index (χ2v) is 3.15. The van der Waals surface area contributed by atoms with Gasteiger partial charge in [-0.25, -0.2) is 14.4 Å². The zero-order chi connectivity index (χ0) is 11.5.